The number of hydrogen-bond donors (Lipinski definition) is 3. The molecule has 0 aromatic heterocycles. The molecular weight excluding hydrogens is 254 g/mol. The lowest BCUT2D eigenvalue weighted by atomic mass is 10.1. The first-order valence-corrected chi connectivity index (χ1v) is 7.70. The van der Waals surface area contributed by atoms with E-state index in [2.05, 4.69) is 29.8 Å². The predicted octanol–water partition coefficient (Wildman–Crippen LogP) is 2.27. The summed E-state index contributed by atoms with van der Waals surface area (Å²) in [4.78, 5) is 22.7. The molecule has 0 bridgehead atoms. The minimum Gasteiger partial charge on any atom is -0.356 e. The second kappa shape index (κ2) is 11.6. The molecule has 0 unspecified atom stereocenters. The van der Waals surface area contributed by atoms with Gasteiger partial charge in [0.25, 0.3) is 0 Å². The molecular formula is C15H31N3O2. The summed E-state index contributed by atoms with van der Waals surface area (Å²) in [6.45, 7) is 10.3. The highest BCUT2D eigenvalue weighted by molar-refractivity contribution is 5.76. The van der Waals surface area contributed by atoms with Gasteiger partial charge in [0.2, 0.25) is 5.91 Å². The molecule has 0 aromatic carbocycles. The van der Waals surface area contributed by atoms with Crippen LogP contribution in [0.3, 0.4) is 0 Å². The second-order valence-corrected chi connectivity index (χ2v) is 6.04. The second-order valence-electron chi connectivity index (χ2n) is 6.04. The first kappa shape index (κ1) is 18.7. The molecule has 3 amide bonds. The Bertz CT molecular complexity index is 278. The van der Waals surface area contributed by atoms with E-state index in [-0.39, 0.29) is 11.9 Å². The maximum absolute atomic E-state index is 11.4. The zero-order valence-electron chi connectivity index (χ0n) is 13.4. The van der Waals surface area contributed by atoms with E-state index >= 15 is 0 Å². The average Bonchev–Trinajstić information content (AvgIpc) is 2.34. The van der Waals surface area contributed by atoms with Gasteiger partial charge in [0.05, 0.1) is 0 Å². The minimum absolute atomic E-state index is 0.0936. The third-order valence-electron chi connectivity index (χ3n) is 2.73. The third-order valence-corrected chi connectivity index (χ3v) is 2.73. The van der Waals surface area contributed by atoms with E-state index in [1.807, 2.05) is 13.8 Å². The van der Waals surface area contributed by atoms with Crippen LogP contribution in [0.15, 0.2) is 0 Å². The first-order valence-electron chi connectivity index (χ1n) is 7.70. The van der Waals surface area contributed by atoms with E-state index in [1.54, 1.807) is 0 Å². The Kier molecular flexibility index (Phi) is 10.8. The van der Waals surface area contributed by atoms with Crippen molar-refractivity contribution in [3.63, 3.8) is 0 Å². The molecule has 0 saturated heterocycles. The monoisotopic (exact) mass is 285 g/mol. The summed E-state index contributed by atoms with van der Waals surface area (Å²) in [5.41, 5.74) is 0. The van der Waals surface area contributed by atoms with Crippen LogP contribution in [0.25, 0.3) is 0 Å². The van der Waals surface area contributed by atoms with Crippen LogP contribution in [0.4, 0.5) is 4.79 Å². The van der Waals surface area contributed by atoms with Gasteiger partial charge < -0.3 is 16.0 Å². The molecule has 5 nitrogen and oxygen atoms in total. The molecule has 0 rings (SSSR count). The van der Waals surface area contributed by atoms with Crippen molar-refractivity contribution in [1.29, 1.82) is 0 Å². The fourth-order valence-electron chi connectivity index (χ4n) is 1.66. The van der Waals surface area contributed by atoms with Crippen molar-refractivity contribution in [2.45, 2.75) is 53.4 Å². The highest BCUT2D eigenvalue weighted by Gasteiger charge is 2.03. The lowest BCUT2D eigenvalue weighted by molar-refractivity contribution is -0.121. The van der Waals surface area contributed by atoms with Gasteiger partial charge in [-0.25, -0.2) is 4.79 Å². The molecule has 0 aromatic rings. The molecule has 0 saturated carbocycles. The Morgan fingerprint density at radius 1 is 0.800 bits per heavy atom. The van der Waals surface area contributed by atoms with Gasteiger partial charge >= 0.3 is 6.03 Å². The number of carbonyl (C=O) groups excluding carboxylic acids is 2. The van der Waals surface area contributed by atoms with E-state index in [1.165, 1.54) is 0 Å². The molecule has 0 spiro atoms. The molecule has 0 aliphatic heterocycles. The lowest BCUT2D eigenvalue weighted by Gasteiger charge is -2.09. The molecule has 0 aliphatic carbocycles. The smallest absolute Gasteiger partial charge is 0.314 e. The van der Waals surface area contributed by atoms with Gasteiger partial charge in [-0.1, -0.05) is 27.7 Å². The van der Waals surface area contributed by atoms with Crippen LogP contribution in [0.2, 0.25) is 0 Å². The fourth-order valence-corrected chi connectivity index (χ4v) is 1.66. The lowest BCUT2D eigenvalue weighted by Crippen LogP contribution is -2.37. The number of amides is 3. The molecule has 0 fully saturated rings. The Labute approximate surface area is 123 Å². The Morgan fingerprint density at radius 3 is 1.95 bits per heavy atom. The van der Waals surface area contributed by atoms with Crippen LogP contribution in [0, 0.1) is 11.8 Å². The maximum Gasteiger partial charge on any atom is 0.314 e. The minimum atomic E-state index is -0.0936. The van der Waals surface area contributed by atoms with Gasteiger partial charge in [-0.15, -0.1) is 0 Å². The quantitative estimate of drug-likeness (QED) is 0.539. The van der Waals surface area contributed by atoms with E-state index in [4.69, 9.17) is 0 Å². The van der Waals surface area contributed by atoms with Crippen LogP contribution in [0.5, 0.6) is 0 Å². The molecule has 118 valence electrons. The standard InChI is InChI=1S/C15H31N3O2/c1-12(2)10-14(19)16-8-6-5-7-9-17-15(20)18-11-13(3)4/h12-13H,5-11H2,1-4H3,(H,16,19)(H2,17,18,20). The maximum atomic E-state index is 11.4. The van der Waals surface area contributed by atoms with Gasteiger partial charge in [-0.3, -0.25) is 4.79 Å². The van der Waals surface area contributed by atoms with E-state index in [0.29, 0.717) is 31.3 Å². The summed E-state index contributed by atoms with van der Waals surface area (Å²) >= 11 is 0. The summed E-state index contributed by atoms with van der Waals surface area (Å²) in [6, 6.07) is -0.0936. The molecule has 0 heterocycles. The van der Waals surface area contributed by atoms with Gasteiger partial charge in [-0.05, 0) is 31.1 Å². The van der Waals surface area contributed by atoms with E-state index in [0.717, 1.165) is 25.8 Å². The Balaban J connectivity index is 3.32. The summed E-state index contributed by atoms with van der Waals surface area (Å²) in [5.74, 6) is 1.00. The van der Waals surface area contributed by atoms with Gasteiger partial charge in [0.15, 0.2) is 0 Å². The number of hydrogen-bond acceptors (Lipinski definition) is 2. The third kappa shape index (κ3) is 13.2. The molecule has 3 N–H and O–H groups in total. The zero-order valence-corrected chi connectivity index (χ0v) is 13.4. The number of nitrogens with one attached hydrogen (secondary N) is 3. The van der Waals surface area contributed by atoms with Crippen molar-refractivity contribution in [1.82, 2.24) is 16.0 Å². The largest absolute Gasteiger partial charge is 0.356 e. The van der Waals surface area contributed by atoms with Crippen molar-refractivity contribution in [3.8, 4) is 0 Å². The van der Waals surface area contributed by atoms with Gasteiger partial charge in [-0.2, -0.15) is 0 Å². The van der Waals surface area contributed by atoms with Crippen LogP contribution in [-0.2, 0) is 4.79 Å². The zero-order chi connectivity index (χ0) is 15.4. The topological polar surface area (TPSA) is 70.2 Å². The highest BCUT2D eigenvalue weighted by Crippen LogP contribution is 1.98. The van der Waals surface area contributed by atoms with Crippen molar-refractivity contribution in [2.24, 2.45) is 11.8 Å². The number of rotatable bonds is 10. The van der Waals surface area contributed by atoms with Crippen molar-refractivity contribution >= 4 is 11.9 Å². The van der Waals surface area contributed by atoms with Gasteiger partial charge in [0, 0.05) is 26.1 Å². The average molecular weight is 285 g/mol. The van der Waals surface area contributed by atoms with E-state index < -0.39 is 0 Å². The SMILES string of the molecule is CC(C)CNC(=O)NCCCCCNC(=O)CC(C)C. The molecule has 20 heavy (non-hydrogen) atoms. The summed E-state index contributed by atoms with van der Waals surface area (Å²) in [6.07, 6.45) is 3.50. The van der Waals surface area contributed by atoms with Gasteiger partial charge in [0.1, 0.15) is 0 Å². The summed E-state index contributed by atoms with van der Waals surface area (Å²) in [5, 5.41) is 8.54. The van der Waals surface area contributed by atoms with Crippen LogP contribution in [0.1, 0.15) is 53.4 Å². The van der Waals surface area contributed by atoms with Crippen molar-refractivity contribution < 1.29 is 9.59 Å². The Morgan fingerprint density at radius 2 is 1.40 bits per heavy atom. The van der Waals surface area contributed by atoms with Crippen molar-refractivity contribution in [2.75, 3.05) is 19.6 Å². The summed E-state index contributed by atoms with van der Waals surface area (Å²) < 4.78 is 0. The predicted molar refractivity (Wildman–Crippen MR) is 82.6 cm³/mol. The van der Waals surface area contributed by atoms with E-state index in [9.17, 15) is 9.59 Å². The number of unbranched alkanes of at least 4 members (excludes halogenated alkanes) is 2. The highest BCUT2D eigenvalue weighted by atomic mass is 16.2. The molecule has 0 aliphatic rings. The number of carbonyl (C=O) groups is 2. The fraction of sp³-hybridized carbons (Fsp3) is 0.867. The summed E-state index contributed by atoms with van der Waals surface area (Å²) in [7, 11) is 0. The first-order chi connectivity index (χ1) is 9.41. The van der Waals surface area contributed by atoms with Crippen molar-refractivity contribution in [3.05, 3.63) is 0 Å². The normalized spacial score (nSPS) is 10.7. The molecule has 0 radical (unpaired) electrons. The van der Waals surface area contributed by atoms with Crippen LogP contribution < -0.4 is 16.0 Å². The van der Waals surface area contributed by atoms with Crippen LogP contribution >= 0.6 is 0 Å². The van der Waals surface area contributed by atoms with Crippen LogP contribution in [-0.4, -0.2) is 31.6 Å². The number of urea groups is 1. The molecule has 0 atom stereocenters. The Hall–Kier alpha value is -1.26. The molecule has 5 heteroatoms.